The van der Waals surface area contributed by atoms with Crippen molar-refractivity contribution in [2.24, 2.45) is 0 Å². The van der Waals surface area contributed by atoms with Gasteiger partial charge in [-0.15, -0.1) is 0 Å². The number of ether oxygens (including phenoxy) is 3. The molecule has 348 valence electrons. The van der Waals surface area contributed by atoms with Crippen LogP contribution in [0.25, 0.3) is 0 Å². The van der Waals surface area contributed by atoms with E-state index in [1.165, 1.54) is 141 Å². The number of carbonyl (C=O) groups excluding carboxylic acids is 3. The summed E-state index contributed by atoms with van der Waals surface area (Å²) >= 11 is 0. The quantitative estimate of drug-likeness (QED) is 0.0263. The highest BCUT2D eigenvalue weighted by Crippen LogP contribution is 2.14. The zero-order chi connectivity index (χ0) is 43.7. The summed E-state index contributed by atoms with van der Waals surface area (Å²) in [4.78, 5) is 37.8. The molecule has 60 heavy (non-hydrogen) atoms. The van der Waals surface area contributed by atoms with Gasteiger partial charge in [0, 0.05) is 19.3 Å². The van der Waals surface area contributed by atoms with E-state index in [0.29, 0.717) is 19.3 Å². The molecule has 1 atom stereocenters. The summed E-state index contributed by atoms with van der Waals surface area (Å²) in [6.45, 7) is 6.57. The van der Waals surface area contributed by atoms with E-state index in [1.54, 1.807) is 0 Å². The predicted molar refractivity (Wildman–Crippen MR) is 256 cm³/mol. The van der Waals surface area contributed by atoms with Crippen molar-refractivity contribution in [3.63, 3.8) is 0 Å². The van der Waals surface area contributed by atoms with Crippen LogP contribution in [0.4, 0.5) is 0 Å². The lowest BCUT2D eigenvalue weighted by Crippen LogP contribution is -2.30. The van der Waals surface area contributed by atoms with Crippen molar-refractivity contribution in [2.45, 2.75) is 264 Å². The van der Waals surface area contributed by atoms with Gasteiger partial charge in [0.25, 0.3) is 0 Å². The van der Waals surface area contributed by atoms with Crippen LogP contribution in [-0.2, 0) is 28.6 Å². The maximum atomic E-state index is 12.8. The van der Waals surface area contributed by atoms with E-state index in [4.69, 9.17) is 14.2 Å². The highest BCUT2D eigenvalue weighted by Gasteiger charge is 2.19. The Morgan fingerprint density at radius 3 is 1.02 bits per heavy atom. The molecular formula is C54H96O6. The Hall–Kier alpha value is -2.63. The fourth-order valence-corrected chi connectivity index (χ4v) is 7.16. The van der Waals surface area contributed by atoms with Crippen molar-refractivity contribution in [3.8, 4) is 0 Å². The van der Waals surface area contributed by atoms with Gasteiger partial charge < -0.3 is 14.2 Å². The van der Waals surface area contributed by atoms with Gasteiger partial charge in [-0.25, -0.2) is 0 Å². The van der Waals surface area contributed by atoms with Crippen molar-refractivity contribution in [3.05, 3.63) is 48.6 Å². The fraction of sp³-hybridized carbons (Fsp3) is 0.796. The van der Waals surface area contributed by atoms with Crippen LogP contribution in [0.1, 0.15) is 258 Å². The minimum atomic E-state index is -0.793. The van der Waals surface area contributed by atoms with Crippen molar-refractivity contribution in [1.82, 2.24) is 0 Å². The Bertz CT molecular complexity index is 1060. The average Bonchev–Trinajstić information content (AvgIpc) is 3.24. The highest BCUT2D eigenvalue weighted by atomic mass is 16.6. The molecule has 0 radical (unpaired) electrons. The summed E-state index contributed by atoms with van der Waals surface area (Å²) in [5.41, 5.74) is 0. The van der Waals surface area contributed by atoms with E-state index in [9.17, 15) is 14.4 Å². The first-order valence-corrected chi connectivity index (χ1v) is 25.6. The molecule has 0 bridgehead atoms. The normalized spacial score (nSPS) is 12.4. The number of hydrogen-bond donors (Lipinski definition) is 0. The second-order valence-corrected chi connectivity index (χ2v) is 17.1. The van der Waals surface area contributed by atoms with Crippen molar-refractivity contribution < 1.29 is 28.6 Å². The summed E-state index contributed by atoms with van der Waals surface area (Å²) < 4.78 is 16.7. The van der Waals surface area contributed by atoms with Gasteiger partial charge in [-0.2, -0.15) is 0 Å². The molecule has 0 aromatic heterocycles. The van der Waals surface area contributed by atoms with Gasteiger partial charge in [-0.1, -0.05) is 211 Å². The van der Waals surface area contributed by atoms with Gasteiger partial charge in [-0.05, 0) is 77.0 Å². The van der Waals surface area contributed by atoms with Gasteiger partial charge in [0.1, 0.15) is 13.2 Å². The zero-order valence-corrected chi connectivity index (χ0v) is 39.7. The molecular weight excluding hydrogens is 745 g/mol. The first kappa shape index (κ1) is 57.4. The first-order chi connectivity index (χ1) is 29.5. The Kier molecular flexibility index (Phi) is 46.9. The number of esters is 3. The zero-order valence-electron chi connectivity index (χ0n) is 39.7. The summed E-state index contributed by atoms with van der Waals surface area (Å²) in [5.74, 6) is -0.951. The number of unbranched alkanes of at least 4 members (excludes halogenated alkanes) is 27. The van der Waals surface area contributed by atoms with Crippen LogP contribution >= 0.6 is 0 Å². The summed E-state index contributed by atoms with van der Waals surface area (Å²) in [5, 5.41) is 0. The van der Waals surface area contributed by atoms with Gasteiger partial charge >= 0.3 is 17.9 Å². The predicted octanol–water partition coefficient (Wildman–Crippen LogP) is 16.7. The monoisotopic (exact) mass is 841 g/mol. The van der Waals surface area contributed by atoms with Crippen LogP contribution < -0.4 is 0 Å². The minimum absolute atomic E-state index is 0.0903. The third kappa shape index (κ3) is 46.4. The lowest BCUT2D eigenvalue weighted by atomic mass is 10.1. The van der Waals surface area contributed by atoms with Crippen molar-refractivity contribution in [1.29, 1.82) is 0 Å². The molecule has 0 aliphatic heterocycles. The average molecular weight is 841 g/mol. The maximum absolute atomic E-state index is 12.8. The molecule has 0 spiro atoms. The second kappa shape index (κ2) is 49.0. The Labute approximate surface area is 371 Å². The van der Waals surface area contributed by atoms with Gasteiger partial charge in [0.2, 0.25) is 0 Å². The topological polar surface area (TPSA) is 78.9 Å². The van der Waals surface area contributed by atoms with Gasteiger partial charge in [-0.3, -0.25) is 14.4 Å². The van der Waals surface area contributed by atoms with Crippen LogP contribution in [-0.4, -0.2) is 37.2 Å². The molecule has 0 aromatic carbocycles. The van der Waals surface area contributed by atoms with Crippen LogP contribution in [0, 0.1) is 0 Å². The van der Waals surface area contributed by atoms with Crippen LogP contribution in [0.3, 0.4) is 0 Å². The van der Waals surface area contributed by atoms with Gasteiger partial charge in [0.15, 0.2) is 6.10 Å². The SMILES string of the molecule is CCCCCCCC/C=C\C/C=C\C/C=C\CCCC(=O)OCC(COC(=O)CCCCCCCCCCC)OC(=O)CCCCCCC/C=C\CCCCCCCCC. The molecule has 6 nitrogen and oxygen atoms in total. The fourth-order valence-electron chi connectivity index (χ4n) is 7.16. The second-order valence-electron chi connectivity index (χ2n) is 17.1. The molecule has 0 amide bonds. The maximum Gasteiger partial charge on any atom is 0.306 e. The van der Waals surface area contributed by atoms with Crippen LogP contribution in [0.15, 0.2) is 48.6 Å². The first-order valence-electron chi connectivity index (χ1n) is 25.6. The lowest BCUT2D eigenvalue weighted by Gasteiger charge is -2.18. The molecule has 0 heterocycles. The highest BCUT2D eigenvalue weighted by molar-refractivity contribution is 5.71. The molecule has 0 N–H and O–H groups in total. The van der Waals surface area contributed by atoms with E-state index in [-0.39, 0.29) is 37.5 Å². The summed E-state index contributed by atoms with van der Waals surface area (Å²) in [6.07, 6.45) is 58.2. The molecule has 0 fully saturated rings. The molecule has 6 heteroatoms. The standard InChI is InChI=1S/C54H96O6/c1-4-7-10-13-16-19-21-23-25-27-29-30-32-35-38-41-44-47-53(56)59-50-51(49-58-52(55)46-43-40-37-34-18-15-12-9-6-3)60-54(57)48-45-42-39-36-33-31-28-26-24-22-20-17-14-11-8-5-2/h23,25-26,28-30,35,38,51H,4-22,24,27,31-34,36-37,39-50H2,1-3H3/b25-23-,28-26-,30-29-,38-35-. The molecule has 0 rings (SSSR count). The van der Waals surface area contributed by atoms with E-state index < -0.39 is 6.10 Å². The van der Waals surface area contributed by atoms with Gasteiger partial charge in [0.05, 0.1) is 0 Å². The number of rotatable bonds is 46. The minimum Gasteiger partial charge on any atom is -0.462 e. The van der Waals surface area contributed by atoms with Crippen LogP contribution in [0.5, 0.6) is 0 Å². The molecule has 0 aromatic rings. The Morgan fingerprint density at radius 1 is 0.333 bits per heavy atom. The van der Waals surface area contributed by atoms with Crippen molar-refractivity contribution >= 4 is 17.9 Å². The molecule has 0 saturated heterocycles. The summed E-state index contributed by atoms with van der Waals surface area (Å²) in [6, 6.07) is 0. The van der Waals surface area contributed by atoms with E-state index in [1.807, 2.05) is 0 Å². The Morgan fingerprint density at radius 2 is 0.617 bits per heavy atom. The van der Waals surface area contributed by atoms with Crippen molar-refractivity contribution in [2.75, 3.05) is 13.2 Å². The van der Waals surface area contributed by atoms with Crippen LogP contribution in [0.2, 0.25) is 0 Å². The largest absolute Gasteiger partial charge is 0.462 e. The lowest BCUT2D eigenvalue weighted by molar-refractivity contribution is -0.167. The number of hydrogen-bond acceptors (Lipinski definition) is 6. The molecule has 0 aliphatic carbocycles. The number of carbonyl (C=O) groups is 3. The Balaban J connectivity index is 4.41. The molecule has 0 saturated carbocycles. The van der Waals surface area contributed by atoms with E-state index in [0.717, 1.165) is 70.6 Å². The van der Waals surface area contributed by atoms with E-state index >= 15 is 0 Å². The third-order valence-electron chi connectivity index (χ3n) is 11.1. The summed E-state index contributed by atoms with van der Waals surface area (Å²) in [7, 11) is 0. The third-order valence-corrected chi connectivity index (χ3v) is 11.1. The molecule has 0 aliphatic rings. The van der Waals surface area contributed by atoms with E-state index in [2.05, 4.69) is 69.4 Å². The number of allylic oxidation sites excluding steroid dienone is 8. The smallest absolute Gasteiger partial charge is 0.306 e. The molecule has 1 unspecified atom stereocenters.